The van der Waals surface area contributed by atoms with Gasteiger partial charge in [0.1, 0.15) is 5.39 Å². The van der Waals surface area contributed by atoms with E-state index in [-0.39, 0.29) is 5.56 Å². The number of pyridine rings is 1. The molecule has 0 aliphatic rings. The SMILES string of the molecule is CCOc1cccc(CCNc2nc3c(cnn3C)c(=O)[nH]2)n1. The number of ether oxygens (including phenoxy) is 1. The van der Waals surface area contributed by atoms with E-state index in [1.165, 1.54) is 6.20 Å². The van der Waals surface area contributed by atoms with Crippen molar-refractivity contribution in [3.63, 3.8) is 0 Å². The minimum Gasteiger partial charge on any atom is -0.478 e. The van der Waals surface area contributed by atoms with Crippen molar-refractivity contribution in [2.45, 2.75) is 13.3 Å². The van der Waals surface area contributed by atoms with Gasteiger partial charge in [-0.1, -0.05) is 6.07 Å². The number of aromatic nitrogens is 5. The molecule has 8 heteroatoms. The largest absolute Gasteiger partial charge is 0.478 e. The monoisotopic (exact) mass is 314 g/mol. The fourth-order valence-corrected chi connectivity index (χ4v) is 2.25. The van der Waals surface area contributed by atoms with Crippen LogP contribution in [0.4, 0.5) is 5.95 Å². The van der Waals surface area contributed by atoms with Crippen LogP contribution in [0.3, 0.4) is 0 Å². The van der Waals surface area contributed by atoms with E-state index in [0.717, 1.165) is 5.69 Å². The molecule has 0 unspecified atom stereocenters. The topological polar surface area (TPSA) is 97.7 Å². The van der Waals surface area contributed by atoms with Crippen LogP contribution in [-0.2, 0) is 13.5 Å². The van der Waals surface area contributed by atoms with Gasteiger partial charge in [0.25, 0.3) is 5.56 Å². The maximum Gasteiger partial charge on any atom is 0.263 e. The summed E-state index contributed by atoms with van der Waals surface area (Å²) in [5.74, 6) is 1.04. The molecule has 0 bridgehead atoms. The molecule has 0 spiro atoms. The molecule has 23 heavy (non-hydrogen) atoms. The summed E-state index contributed by atoms with van der Waals surface area (Å²) >= 11 is 0. The molecule has 8 nitrogen and oxygen atoms in total. The minimum absolute atomic E-state index is 0.206. The quantitative estimate of drug-likeness (QED) is 0.707. The standard InChI is InChI=1S/C15H18N6O2/c1-3-23-12-6-4-5-10(18-12)7-8-16-15-19-13-11(14(22)20-15)9-17-21(13)2/h4-6,9H,3,7-8H2,1-2H3,(H2,16,19,20,22). The second kappa shape index (κ2) is 6.47. The molecule has 2 N–H and O–H groups in total. The van der Waals surface area contributed by atoms with Gasteiger partial charge in [0.05, 0.1) is 12.8 Å². The zero-order valence-electron chi connectivity index (χ0n) is 13.0. The lowest BCUT2D eigenvalue weighted by Gasteiger charge is -2.07. The second-order valence-corrected chi connectivity index (χ2v) is 5.00. The smallest absolute Gasteiger partial charge is 0.263 e. The molecule has 3 rings (SSSR count). The van der Waals surface area contributed by atoms with E-state index in [4.69, 9.17) is 4.74 Å². The summed E-state index contributed by atoms with van der Waals surface area (Å²) in [5, 5.41) is 7.62. The third-order valence-corrected chi connectivity index (χ3v) is 3.35. The van der Waals surface area contributed by atoms with Crippen molar-refractivity contribution in [2.75, 3.05) is 18.5 Å². The highest BCUT2D eigenvalue weighted by molar-refractivity contribution is 5.74. The fourth-order valence-electron chi connectivity index (χ4n) is 2.25. The third kappa shape index (κ3) is 3.31. The average Bonchev–Trinajstić information content (AvgIpc) is 2.90. The van der Waals surface area contributed by atoms with Crippen LogP contribution in [0.15, 0.2) is 29.2 Å². The zero-order valence-corrected chi connectivity index (χ0v) is 13.0. The number of nitrogens with zero attached hydrogens (tertiary/aromatic N) is 4. The van der Waals surface area contributed by atoms with Crippen LogP contribution in [-0.4, -0.2) is 37.9 Å². The first-order valence-electron chi connectivity index (χ1n) is 7.42. The number of hydrogen-bond donors (Lipinski definition) is 2. The summed E-state index contributed by atoms with van der Waals surface area (Å²) in [6.45, 7) is 3.10. The van der Waals surface area contributed by atoms with Gasteiger partial charge in [-0.25, -0.2) is 4.98 Å². The van der Waals surface area contributed by atoms with Gasteiger partial charge in [0, 0.05) is 31.8 Å². The average molecular weight is 314 g/mol. The van der Waals surface area contributed by atoms with E-state index in [9.17, 15) is 4.79 Å². The maximum atomic E-state index is 11.9. The van der Waals surface area contributed by atoms with Gasteiger partial charge < -0.3 is 10.1 Å². The first kappa shape index (κ1) is 15.0. The Morgan fingerprint density at radius 3 is 3.04 bits per heavy atom. The number of nitrogens with one attached hydrogen (secondary N) is 2. The van der Waals surface area contributed by atoms with Crippen LogP contribution in [0.5, 0.6) is 5.88 Å². The second-order valence-electron chi connectivity index (χ2n) is 5.00. The predicted molar refractivity (Wildman–Crippen MR) is 86.7 cm³/mol. The summed E-state index contributed by atoms with van der Waals surface area (Å²) in [6.07, 6.45) is 2.20. The Bertz CT molecular complexity index is 870. The van der Waals surface area contributed by atoms with Gasteiger partial charge in [-0.2, -0.15) is 10.1 Å². The molecule has 3 aromatic heterocycles. The number of rotatable bonds is 6. The normalized spacial score (nSPS) is 10.9. The van der Waals surface area contributed by atoms with Gasteiger partial charge in [-0.3, -0.25) is 14.5 Å². The molecule has 0 atom stereocenters. The van der Waals surface area contributed by atoms with Crippen molar-refractivity contribution in [3.05, 3.63) is 40.4 Å². The Balaban J connectivity index is 1.68. The highest BCUT2D eigenvalue weighted by Crippen LogP contribution is 2.09. The summed E-state index contributed by atoms with van der Waals surface area (Å²) in [5.41, 5.74) is 1.25. The lowest BCUT2D eigenvalue weighted by molar-refractivity contribution is 0.326. The van der Waals surface area contributed by atoms with E-state index >= 15 is 0 Å². The molecule has 0 saturated heterocycles. The first-order chi connectivity index (χ1) is 11.2. The van der Waals surface area contributed by atoms with Gasteiger partial charge >= 0.3 is 0 Å². The van der Waals surface area contributed by atoms with Crippen molar-refractivity contribution in [1.29, 1.82) is 0 Å². The number of H-pyrrole nitrogens is 1. The highest BCUT2D eigenvalue weighted by atomic mass is 16.5. The first-order valence-corrected chi connectivity index (χ1v) is 7.42. The Kier molecular flexibility index (Phi) is 4.22. The molecular formula is C15H18N6O2. The summed E-state index contributed by atoms with van der Waals surface area (Å²) < 4.78 is 6.95. The summed E-state index contributed by atoms with van der Waals surface area (Å²) in [4.78, 5) is 23.4. The molecule has 0 aromatic carbocycles. The number of aromatic amines is 1. The Morgan fingerprint density at radius 2 is 2.22 bits per heavy atom. The lowest BCUT2D eigenvalue weighted by atomic mass is 10.3. The Morgan fingerprint density at radius 1 is 1.35 bits per heavy atom. The summed E-state index contributed by atoms with van der Waals surface area (Å²) in [6, 6.07) is 5.68. The van der Waals surface area contributed by atoms with Gasteiger partial charge in [0.15, 0.2) is 5.65 Å². The van der Waals surface area contributed by atoms with Gasteiger partial charge in [-0.05, 0) is 13.0 Å². The molecule has 3 heterocycles. The van der Waals surface area contributed by atoms with E-state index in [1.54, 1.807) is 11.7 Å². The number of fused-ring (bicyclic) bond motifs is 1. The molecule has 0 fully saturated rings. The van der Waals surface area contributed by atoms with Crippen LogP contribution in [0.25, 0.3) is 11.0 Å². The van der Waals surface area contributed by atoms with Crippen LogP contribution >= 0.6 is 0 Å². The fraction of sp³-hybridized carbons (Fsp3) is 0.333. The molecule has 0 aliphatic carbocycles. The maximum absolute atomic E-state index is 11.9. The molecular weight excluding hydrogens is 296 g/mol. The predicted octanol–water partition coefficient (Wildman–Crippen LogP) is 1.10. The Labute approximate surface area is 132 Å². The van der Waals surface area contributed by atoms with E-state index in [0.29, 0.717) is 42.4 Å². The molecule has 0 aliphatic heterocycles. The number of aryl methyl sites for hydroxylation is 1. The van der Waals surface area contributed by atoms with Crippen molar-refractivity contribution >= 4 is 17.0 Å². The lowest BCUT2D eigenvalue weighted by Crippen LogP contribution is -2.15. The van der Waals surface area contributed by atoms with Gasteiger partial charge in [-0.15, -0.1) is 0 Å². The van der Waals surface area contributed by atoms with E-state index in [1.807, 2.05) is 25.1 Å². The number of anilines is 1. The van der Waals surface area contributed by atoms with Crippen LogP contribution in [0.2, 0.25) is 0 Å². The highest BCUT2D eigenvalue weighted by Gasteiger charge is 2.07. The van der Waals surface area contributed by atoms with Crippen molar-refractivity contribution in [3.8, 4) is 5.88 Å². The van der Waals surface area contributed by atoms with E-state index in [2.05, 4.69) is 25.4 Å². The summed E-state index contributed by atoms with van der Waals surface area (Å²) in [7, 11) is 1.75. The van der Waals surface area contributed by atoms with E-state index < -0.39 is 0 Å². The molecule has 3 aromatic rings. The molecule has 0 amide bonds. The zero-order chi connectivity index (χ0) is 16.2. The molecule has 0 radical (unpaired) electrons. The Hall–Kier alpha value is -2.90. The molecule has 120 valence electrons. The van der Waals surface area contributed by atoms with Crippen LogP contribution < -0.4 is 15.6 Å². The van der Waals surface area contributed by atoms with Gasteiger partial charge in [0.2, 0.25) is 11.8 Å². The number of hydrogen-bond acceptors (Lipinski definition) is 6. The van der Waals surface area contributed by atoms with Crippen molar-refractivity contribution in [1.82, 2.24) is 24.7 Å². The third-order valence-electron chi connectivity index (χ3n) is 3.35. The van der Waals surface area contributed by atoms with Crippen LogP contribution in [0, 0.1) is 0 Å². The van der Waals surface area contributed by atoms with Crippen LogP contribution in [0.1, 0.15) is 12.6 Å². The molecule has 0 saturated carbocycles. The minimum atomic E-state index is -0.206. The van der Waals surface area contributed by atoms with Crippen molar-refractivity contribution in [2.24, 2.45) is 7.05 Å². The van der Waals surface area contributed by atoms with Crippen molar-refractivity contribution < 1.29 is 4.74 Å².